The summed E-state index contributed by atoms with van der Waals surface area (Å²) in [6.45, 7) is 5.97. The molecule has 0 radical (unpaired) electrons. The van der Waals surface area contributed by atoms with E-state index in [1.54, 1.807) is 11.8 Å². The first kappa shape index (κ1) is 14.2. The van der Waals surface area contributed by atoms with Gasteiger partial charge in [-0.3, -0.25) is 9.59 Å². The van der Waals surface area contributed by atoms with E-state index in [4.69, 9.17) is 5.11 Å². The molecule has 1 amide bonds. The van der Waals surface area contributed by atoms with Gasteiger partial charge in [-0.2, -0.15) is 0 Å². The first-order valence-corrected chi connectivity index (χ1v) is 6.05. The monoisotopic (exact) mass is 249 g/mol. The van der Waals surface area contributed by atoms with Crippen LogP contribution in [0.3, 0.4) is 0 Å². The molecule has 1 rings (SSSR count). The molecule has 0 aromatic heterocycles. The van der Waals surface area contributed by atoms with Crippen molar-refractivity contribution < 1.29 is 14.7 Å². The topological polar surface area (TPSA) is 57.6 Å². The molecule has 4 heteroatoms. The van der Waals surface area contributed by atoms with Crippen molar-refractivity contribution in [1.82, 2.24) is 0 Å². The maximum Gasteiger partial charge on any atom is 0.305 e. The molecule has 0 aliphatic carbocycles. The minimum atomic E-state index is -0.896. The summed E-state index contributed by atoms with van der Waals surface area (Å²) in [5.74, 6) is -0.952. The molecule has 0 heterocycles. The number of carbonyl (C=O) groups is 2. The number of carbonyl (C=O) groups excluding carboxylic acids is 1. The lowest BCUT2D eigenvalue weighted by Crippen LogP contribution is -2.32. The van der Waals surface area contributed by atoms with Gasteiger partial charge in [0, 0.05) is 18.7 Å². The molecule has 4 nitrogen and oxygen atoms in total. The standard InChI is InChI=1S/C14H19NO3/c1-4-13(16)15(8-7-14(17)18)12-6-5-10(2)11(3)9-12/h5-6,9H,4,7-8H2,1-3H3,(H,17,18). The van der Waals surface area contributed by atoms with E-state index < -0.39 is 5.97 Å². The Kier molecular flexibility index (Phi) is 4.89. The fraction of sp³-hybridized carbons (Fsp3) is 0.429. The second-order valence-corrected chi connectivity index (χ2v) is 4.31. The van der Waals surface area contributed by atoms with Gasteiger partial charge in [0.05, 0.1) is 6.42 Å². The summed E-state index contributed by atoms with van der Waals surface area (Å²) in [5.41, 5.74) is 3.02. The van der Waals surface area contributed by atoms with Crippen LogP contribution >= 0.6 is 0 Å². The van der Waals surface area contributed by atoms with E-state index in [1.807, 2.05) is 32.0 Å². The summed E-state index contributed by atoms with van der Waals surface area (Å²) in [6.07, 6.45) is 0.325. The number of anilines is 1. The average Bonchev–Trinajstić information content (AvgIpc) is 2.33. The number of hydrogen-bond donors (Lipinski definition) is 1. The molecule has 0 aliphatic heterocycles. The van der Waals surface area contributed by atoms with Crippen LogP contribution in [0.4, 0.5) is 5.69 Å². The van der Waals surface area contributed by atoms with E-state index in [9.17, 15) is 9.59 Å². The van der Waals surface area contributed by atoms with Crippen molar-refractivity contribution in [2.75, 3.05) is 11.4 Å². The number of nitrogens with zero attached hydrogens (tertiary/aromatic N) is 1. The molecule has 18 heavy (non-hydrogen) atoms. The Morgan fingerprint density at radius 1 is 1.22 bits per heavy atom. The molecule has 1 N–H and O–H groups in total. The molecule has 1 aromatic rings. The van der Waals surface area contributed by atoms with Crippen molar-refractivity contribution in [1.29, 1.82) is 0 Å². The zero-order valence-corrected chi connectivity index (χ0v) is 11.1. The van der Waals surface area contributed by atoms with Gasteiger partial charge in [0.2, 0.25) is 5.91 Å². The van der Waals surface area contributed by atoms with Gasteiger partial charge in [-0.05, 0) is 37.1 Å². The van der Waals surface area contributed by atoms with E-state index >= 15 is 0 Å². The van der Waals surface area contributed by atoms with Crippen molar-refractivity contribution in [3.05, 3.63) is 29.3 Å². The predicted molar refractivity (Wildman–Crippen MR) is 70.8 cm³/mol. The molecule has 0 atom stereocenters. The van der Waals surface area contributed by atoms with Crippen LogP contribution in [0.1, 0.15) is 30.9 Å². The number of hydrogen-bond acceptors (Lipinski definition) is 2. The van der Waals surface area contributed by atoms with Crippen LogP contribution in [-0.4, -0.2) is 23.5 Å². The number of aliphatic carboxylic acids is 1. The Labute approximate surface area is 107 Å². The zero-order valence-electron chi connectivity index (χ0n) is 11.1. The summed E-state index contributed by atoms with van der Waals surface area (Å²) in [7, 11) is 0. The molecule has 0 unspecified atom stereocenters. The fourth-order valence-corrected chi connectivity index (χ4v) is 1.69. The summed E-state index contributed by atoms with van der Waals surface area (Å²) < 4.78 is 0. The molecule has 0 spiro atoms. The third-order valence-electron chi connectivity index (χ3n) is 2.95. The second-order valence-electron chi connectivity index (χ2n) is 4.31. The Morgan fingerprint density at radius 2 is 1.89 bits per heavy atom. The normalized spacial score (nSPS) is 10.2. The summed E-state index contributed by atoms with van der Waals surface area (Å²) >= 11 is 0. The SMILES string of the molecule is CCC(=O)N(CCC(=O)O)c1ccc(C)c(C)c1. The van der Waals surface area contributed by atoms with Gasteiger partial charge in [-0.25, -0.2) is 0 Å². The van der Waals surface area contributed by atoms with Crippen LogP contribution in [0.2, 0.25) is 0 Å². The largest absolute Gasteiger partial charge is 0.481 e. The van der Waals surface area contributed by atoms with E-state index in [0.717, 1.165) is 16.8 Å². The third-order valence-corrected chi connectivity index (χ3v) is 2.95. The van der Waals surface area contributed by atoms with Crippen LogP contribution in [0.25, 0.3) is 0 Å². The van der Waals surface area contributed by atoms with Gasteiger partial charge in [0.15, 0.2) is 0 Å². The zero-order chi connectivity index (χ0) is 13.7. The highest BCUT2D eigenvalue weighted by atomic mass is 16.4. The Morgan fingerprint density at radius 3 is 2.39 bits per heavy atom. The predicted octanol–water partition coefficient (Wildman–Crippen LogP) is 2.52. The third kappa shape index (κ3) is 3.58. The summed E-state index contributed by atoms with van der Waals surface area (Å²) in [6, 6.07) is 5.73. The van der Waals surface area contributed by atoms with Gasteiger partial charge in [0.25, 0.3) is 0 Å². The summed E-state index contributed by atoms with van der Waals surface area (Å²) in [4.78, 5) is 24.0. The molecular weight excluding hydrogens is 230 g/mol. The van der Waals surface area contributed by atoms with Crippen molar-refractivity contribution in [3.63, 3.8) is 0 Å². The van der Waals surface area contributed by atoms with Crippen molar-refractivity contribution in [2.45, 2.75) is 33.6 Å². The number of rotatable bonds is 5. The maximum atomic E-state index is 11.9. The summed E-state index contributed by atoms with van der Waals surface area (Å²) in [5, 5.41) is 8.72. The smallest absolute Gasteiger partial charge is 0.305 e. The first-order chi connectivity index (χ1) is 8.45. The molecule has 98 valence electrons. The van der Waals surface area contributed by atoms with Gasteiger partial charge < -0.3 is 10.0 Å². The first-order valence-electron chi connectivity index (χ1n) is 6.05. The van der Waals surface area contributed by atoms with Gasteiger partial charge in [0.1, 0.15) is 0 Å². The molecule has 0 fully saturated rings. The van der Waals surface area contributed by atoms with Gasteiger partial charge in [-0.1, -0.05) is 13.0 Å². The molecule has 1 aromatic carbocycles. The lowest BCUT2D eigenvalue weighted by Gasteiger charge is -2.22. The number of carboxylic acid groups (broad SMARTS) is 1. The highest BCUT2D eigenvalue weighted by molar-refractivity contribution is 5.93. The number of amides is 1. The number of benzene rings is 1. The van der Waals surface area contributed by atoms with Crippen molar-refractivity contribution in [3.8, 4) is 0 Å². The second kappa shape index (κ2) is 6.19. The van der Waals surface area contributed by atoms with Crippen molar-refractivity contribution in [2.24, 2.45) is 0 Å². The van der Waals surface area contributed by atoms with Crippen LogP contribution in [-0.2, 0) is 9.59 Å². The molecule has 0 aliphatic rings. The average molecular weight is 249 g/mol. The van der Waals surface area contributed by atoms with E-state index in [0.29, 0.717) is 6.42 Å². The van der Waals surface area contributed by atoms with Crippen LogP contribution < -0.4 is 4.90 Å². The van der Waals surface area contributed by atoms with Gasteiger partial charge >= 0.3 is 5.97 Å². The van der Waals surface area contributed by atoms with Crippen LogP contribution in [0.5, 0.6) is 0 Å². The van der Waals surface area contributed by atoms with E-state index in [1.165, 1.54) is 0 Å². The Balaban J connectivity index is 2.97. The lowest BCUT2D eigenvalue weighted by atomic mass is 10.1. The fourth-order valence-electron chi connectivity index (χ4n) is 1.69. The molecular formula is C14H19NO3. The van der Waals surface area contributed by atoms with Crippen molar-refractivity contribution >= 4 is 17.6 Å². The lowest BCUT2D eigenvalue weighted by molar-refractivity contribution is -0.136. The highest BCUT2D eigenvalue weighted by Gasteiger charge is 2.15. The number of aryl methyl sites for hydroxylation is 2. The Hall–Kier alpha value is -1.84. The molecule has 0 saturated carbocycles. The quantitative estimate of drug-likeness (QED) is 0.872. The molecule has 0 bridgehead atoms. The van der Waals surface area contributed by atoms with Gasteiger partial charge in [-0.15, -0.1) is 0 Å². The van der Waals surface area contributed by atoms with Crippen LogP contribution in [0.15, 0.2) is 18.2 Å². The molecule has 0 saturated heterocycles. The maximum absolute atomic E-state index is 11.9. The Bertz CT molecular complexity index is 454. The minimum absolute atomic E-state index is 0.0430. The van der Waals surface area contributed by atoms with Crippen LogP contribution in [0, 0.1) is 13.8 Å². The minimum Gasteiger partial charge on any atom is -0.481 e. The number of carboxylic acids is 1. The van der Waals surface area contributed by atoms with E-state index in [-0.39, 0.29) is 18.9 Å². The van der Waals surface area contributed by atoms with E-state index in [2.05, 4.69) is 0 Å². The highest BCUT2D eigenvalue weighted by Crippen LogP contribution is 2.20.